The number of fused-ring (bicyclic) bond motifs is 2. The summed E-state index contributed by atoms with van der Waals surface area (Å²) in [5.74, 6) is 3.69. The van der Waals surface area contributed by atoms with Gasteiger partial charge in [-0.1, -0.05) is 0 Å². The van der Waals surface area contributed by atoms with Gasteiger partial charge in [0.15, 0.2) is 17.2 Å². The highest BCUT2D eigenvalue weighted by Gasteiger charge is 2.36. The summed E-state index contributed by atoms with van der Waals surface area (Å²) in [7, 11) is 5.85. The van der Waals surface area contributed by atoms with E-state index in [-0.39, 0.29) is 18.3 Å². The fourth-order valence-corrected chi connectivity index (χ4v) is 4.98. The summed E-state index contributed by atoms with van der Waals surface area (Å²) in [6.45, 7) is 0. The molecule has 6 rings (SSSR count). The second-order valence-electron chi connectivity index (χ2n) is 9.98. The summed E-state index contributed by atoms with van der Waals surface area (Å²) in [6.07, 6.45) is 9.02. The average molecular weight is 505 g/mol. The monoisotopic (exact) mass is 504 g/mol. The number of pyridine rings is 1. The quantitative estimate of drug-likeness (QED) is 0.455. The first-order chi connectivity index (χ1) is 18.0. The van der Waals surface area contributed by atoms with Gasteiger partial charge in [0.25, 0.3) is 5.88 Å². The molecule has 3 heterocycles. The third kappa shape index (κ3) is 5.06. The molecule has 0 saturated heterocycles. The Morgan fingerprint density at radius 3 is 2.59 bits per heavy atom. The predicted octanol–water partition coefficient (Wildman–Crippen LogP) is 4.53. The molecule has 2 atom stereocenters. The van der Waals surface area contributed by atoms with Crippen LogP contribution in [0.15, 0.2) is 42.7 Å². The van der Waals surface area contributed by atoms with Crippen molar-refractivity contribution in [2.75, 3.05) is 31.8 Å². The summed E-state index contributed by atoms with van der Waals surface area (Å²) in [5.41, 5.74) is 1.56. The van der Waals surface area contributed by atoms with E-state index in [1.807, 2.05) is 24.3 Å². The minimum absolute atomic E-state index is 0.108. The fraction of sp³-hybridized carbons (Fsp3) is 0.444. The largest absolute Gasteiger partial charge is 0.493 e. The molecule has 1 aromatic carbocycles. The summed E-state index contributed by atoms with van der Waals surface area (Å²) in [4.78, 5) is 15.6. The Labute approximate surface area is 216 Å². The summed E-state index contributed by atoms with van der Waals surface area (Å²) in [6, 6.07) is 10.0. The van der Waals surface area contributed by atoms with Gasteiger partial charge in [0.05, 0.1) is 19.0 Å². The molecule has 0 radical (unpaired) electrons. The Morgan fingerprint density at radius 1 is 0.946 bits per heavy atom. The standard InChI is InChI=1S/C27H32N6O4/c1-33(2)18-13-19(14-18)35-22-8-7-16(11-23(22)34-3)31-27-28-10-9-25(32-27)30-17-12-24-26(29-15-17)37-21-6-4-5-20(21)36-24/h7-12,15,18-21H,4-6,13-14H2,1-3H3,(H2,28,30,31,32)/t18?,19?,20-,21-/m0/s1. The van der Waals surface area contributed by atoms with E-state index in [2.05, 4.69) is 44.6 Å². The van der Waals surface area contributed by atoms with Crippen LogP contribution < -0.4 is 29.6 Å². The maximum Gasteiger partial charge on any atom is 0.257 e. The van der Waals surface area contributed by atoms with Crippen molar-refractivity contribution in [1.82, 2.24) is 19.9 Å². The number of nitrogens with zero attached hydrogens (tertiary/aromatic N) is 4. The molecule has 0 amide bonds. The van der Waals surface area contributed by atoms with Gasteiger partial charge in [-0.3, -0.25) is 0 Å². The normalized spacial score (nSPS) is 23.7. The van der Waals surface area contributed by atoms with Gasteiger partial charge < -0.3 is 34.5 Å². The van der Waals surface area contributed by atoms with Crippen molar-refractivity contribution < 1.29 is 18.9 Å². The number of hydrogen-bond acceptors (Lipinski definition) is 10. The highest BCUT2D eigenvalue weighted by molar-refractivity contribution is 5.63. The molecule has 0 unspecified atom stereocenters. The first-order valence-electron chi connectivity index (χ1n) is 12.8. The zero-order valence-electron chi connectivity index (χ0n) is 21.3. The summed E-state index contributed by atoms with van der Waals surface area (Å²) in [5, 5.41) is 6.53. The van der Waals surface area contributed by atoms with Crippen molar-refractivity contribution in [3.05, 3.63) is 42.7 Å². The lowest BCUT2D eigenvalue weighted by molar-refractivity contribution is 0.0383. The SMILES string of the molecule is COc1cc(Nc2nccc(Nc3cnc4c(c3)O[C@H]3CCC[C@@H]3O4)n2)ccc1OC1CC(N(C)C)C1. The van der Waals surface area contributed by atoms with Gasteiger partial charge in [-0.15, -0.1) is 0 Å². The van der Waals surface area contributed by atoms with Crippen LogP contribution in [-0.2, 0) is 0 Å². The Morgan fingerprint density at radius 2 is 1.78 bits per heavy atom. The maximum absolute atomic E-state index is 6.16. The number of rotatable bonds is 8. The number of aromatic nitrogens is 3. The first kappa shape index (κ1) is 23.6. The van der Waals surface area contributed by atoms with Crippen LogP contribution in [0.2, 0.25) is 0 Å². The molecule has 10 heteroatoms. The van der Waals surface area contributed by atoms with E-state index < -0.39 is 0 Å². The minimum Gasteiger partial charge on any atom is -0.493 e. The Balaban J connectivity index is 1.11. The molecule has 0 bridgehead atoms. The first-order valence-corrected chi connectivity index (χ1v) is 12.8. The molecule has 2 aromatic heterocycles. The smallest absolute Gasteiger partial charge is 0.257 e. The second kappa shape index (κ2) is 9.93. The molecule has 1 aliphatic heterocycles. The van der Waals surface area contributed by atoms with Crippen LogP contribution in [0.1, 0.15) is 32.1 Å². The number of anilines is 4. The van der Waals surface area contributed by atoms with Gasteiger partial charge in [0.1, 0.15) is 24.1 Å². The molecule has 3 aromatic rings. The molecular formula is C27H32N6O4. The van der Waals surface area contributed by atoms with Gasteiger partial charge in [0, 0.05) is 30.1 Å². The van der Waals surface area contributed by atoms with Crippen LogP contribution in [0.4, 0.5) is 23.1 Å². The topological polar surface area (TPSA) is 103 Å². The van der Waals surface area contributed by atoms with Crippen molar-refractivity contribution in [3.63, 3.8) is 0 Å². The fourth-order valence-electron chi connectivity index (χ4n) is 4.98. The number of methoxy groups -OCH3 is 1. The van der Waals surface area contributed by atoms with E-state index in [9.17, 15) is 0 Å². The molecule has 2 saturated carbocycles. The van der Waals surface area contributed by atoms with Gasteiger partial charge in [-0.2, -0.15) is 4.98 Å². The second-order valence-corrected chi connectivity index (χ2v) is 9.98. The van der Waals surface area contributed by atoms with Crippen LogP contribution >= 0.6 is 0 Å². The zero-order chi connectivity index (χ0) is 25.4. The van der Waals surface area contributed by atoms with Crippen LogP contribution in [0, 0.1) is 0 Å². The summed E-state index contributed by atoms with van der Waals surface area (Å²) >= 11 is 0. The van der Waals surface area contributed by atoms with E-state index in [1.165, 1.54) is 0 Å². The van der Waals surface area contributed by atoms with Crippen LogP contribution in [0.25, 0.3) is 0 Å². The number of benzene rings is 1. The lowest BCUT2D eigenvalue weighted by Gasteiger charge is -2.39. The summed E-state index contributed by atoms with van der Waals surface area (Å²) < 4.78 is 23.9. The number of ether oxygens (including phenoxy) is 4. The Kier molecular flexibility index (Phi) is 6.33. The van der Waals surface area contributed by atoms with Gasteiger partial charge in [-0.25, -0.2) is 9.97 Å². The van der Waals surface area contributed by atoms with Crippen molar-refractivity contribution in [1.29, 1.82) is 0 Å². The Bertz CT molecular complexity index is 1270. The van der Waals surface area contributed by atoms with Crippen molar-refractivity contribution >= 4 is 23.1 Å². The zero-order valence-corrected chi connectivity index (χ0v) is 21.3. The van der Waals surface area contributed by atoms with E-state index in [0.717, 1.165) is 49.2 Å². The van der Waals surface area contributed by atoms with Gasteiger partial charge in [0.2, 0.25) is 5.95 Å². The van der Waals surface area contributed by atoms with Crippen molar-refractivity contribution in [2.24, 2.45) is 0 Å². The molecule has 2 aliphatic carbocycles. The number of nitrogens with one attached hydrogen (secondary N) is 2. The van der Waals surface area contributed by atoms with Crippen molar-refractivity contribution in [2.45, 2.75) is 56.5 Å². The van der Waals surface area contributed by atoms with E-state index in [4.69, 9.17) is 18.9 Å². The Hall–Kier alpha value is -3.79. The molecule has 3 aliphatic rings. The molecule has 37 heavy (non-hydrogen) atoms. The third-order valence-corrected chi connectivity index (χ3v) is 7.19. The highest BCUT2D eigenvalue weighted by Crippen LogP contribution is 2.40. The van der Waals surface area contributed by atoms with Crippen LogP contribution in [0.5, 0.6) is 23.1 Å². The van der Waals surface area contributed by atoms with E-state index in [0.29, 0.717) is 35.2 Å². The molecule has 10 nitrogen and oxygen atoms in total. The maximum atomic E-state index is 6.16. The molecule has 2 fully saturated rings. The predicted molar refractivity (Wildman–Crippen MR) is 140 cm³/mol. The highest BCUT2D eigenvalue weighted by atomic mass is 16.6. The molecular weight excluding hydrogens is 472 g/mol. The van der Waals surface area contributed by atoms with Crippen LogP contribution in [-0.4, -0.2) is 65.4 Å². The number of hydrogen-bond donors (Lipinski definition) is 2. The average Bonchev–Trinajstić information content (AvgIpc) is 3.32. The lowest BCUT2D eigenvalue weighted by Crippen LogP contribution is -2.46. The van der Waals surface area contributed by atoms with Crippen LogP contribution in [0.3, 0.4) is 0 Å². The lowest BCUT2D eigenvalue weighted by atomic mass is 9.88. The van der Waals surface area contributed by atoms with Crippen molar-refractivity contribution in [3.8, 4) is 23.1 Å². The van der Waals surface area contributed by atoms with E-state index >= 15 is 0 Å². The van der Waals surface area contributed by atoms with E-state index in [1.54, 1.807) is 25.6 Å². The van der Waals surface area contributed by atoms with Gasteiger partial charge >= 0.3 is 0 Å². The van der Waals surface area contributed by atoms with Gasteiger partial charge in [-0.05, 0) is 64.4 Å². The minimum atomic E-state index is 0.108. The molecule has 2 N–H and O–H groups in total. The third-order valence-electron chi connectivity index (χ3n) is 7.19. The molecule has 194 valence electrons. The molecule has 0 spiro atoms.